The molecule has 2 aliphatic carbocycles. The van der Waals surface area contributed by atoms with Gasteiger partial charge in [0.2, 0.25) is 17.6 Å². The number of ether oxygens (including phenoxy) is 1. The molecule has 3 aliphatic rings. The van der Waals surface area contributed by atoms with Crippen molar-refractivity contribution in [2.75, 3.05) is 6.54 Å². The molecule has 0 radical (unpaired) electrons. The predicted molar refractivity (Wildman–Crippen MR) is 179 cm³/mol. The number of primary amides is 1. The Hall–Kier alpha value is -3.96. The number of nitrogens with two attached hydrogens (primary N) is 1. The van der Waals surface area contributed by atoms with Gasteiger partial charge < -0.3 is 31.3 Å². The molecule has 0 bridgehead atoms. The summed E-state index contributed by atoms with van der Waals surface area (Å²) in [6.45, 7) is 7.96. The van der Waals surface area contributed by atoms with Crippen LogP contribution < -0.4 is 21.7 Å². The zero-order chi connectivity index (χ0) is 35.0. The summed E-state index contributed by atoms with van der Waals surface area (Å²) in [5, 5.41) is 8.42. The van der Waals surface area contributed by atoms with Crippen molar-refractivity contribution in [3.63, 3.8) is 0 Å². The third kappa shape index (κ3) is 9.79. The number of nitrogens with one attached hydrogen (secondary N) is 3. The molecule has 1 unspecified atom stereocenters. The van der Waals surface area contributed by atoms with E-state index >= 15 is 0 Å². The van der Waals surface area contributed by atoms with Crippen molar-refractivity contribution in [3.05, 3.63) is 35.9 Å². The number of nitrogens with zero attached hydrogens (tertiary/aromatic N) is 1. The van der Waals surface area contributed by atoms with Crippen LogP contribution in [0.3, 0.4) is 0 Å². The van der Waals surface area contributed by atoms with E-state index in [2.05, 4.69) is 16.0 Å². The molecule has 2 saturated carbocycles. The Balaban J connectivity index is 1.51. The molecule has 0 aromatic heterocycles. The summed E-state index contributed by atoms with van der Waals surface area (Å²) in [6, 6.07) is 4.80. The number of hydrogen-bond donors (Lipinski definition) is 4. The minimum absolute atomic E-state index is 0.0466. The van der Waals surface area contributed by atoms with Gasteiger partial charge in [-0.1, -0.05) is 90.1 Å². The molecule has 5 N–H and O–H groups in total. The van der Waals surface area contributed by atoms with Crippen LogP contribution >= 0.6 is 0 Å². The lowest BCUT2D eigenvalue weighted by Crippen LogP contribution is -2.61. The van der Waals surface area contributed by atoms with Gasteiger partial charge in [-0.25, -0.2) is 9.59 Å². The fourth-order valence-electron chi connectivity index (χ4n) is 7.11. The van der Waals surface area contributed by atoms with E-state index in [1.54, 1.807) is 13.8 Å². The zero-order valence-electron chi connectivity index (χ0n) is 28.7. The predicted octanol–water partition coefficient (Wildman–Crippen LogP) is 3.21. The molecule has 3 fully saturated rings. The Labute approximate surface area is 283 Å². The maximum absolute atomic E-state index is 14.5. The van der Waals surface area contributed by atoms with E-state index in [0.717, 1.165) is 50.5 Å². The molecule has 5 atom stereocenters. The highest BCUT2D eigenvalue weighted by Gasteiger charge is 2.47. The molecule has 1 heterocycles. The Morgan fingerprint density at radius 1 is 0.875 bits per heavy atom. The van der Waals surface area contributed by atoms with Crippen LogP contribution in [0.2, 0.25) is 0 Å². The Morgan fingerprint density at radius 2 is 1.54 bits per heavy atom. The molecule has 1 aromatic rings. The highest BCUT2D eigenvalue weighted by atomic mass is 16.5. The number of Topliss-reactive ketones (excluding diaryl/α,β-unsaturated/α-hetero) is 1. The van der Waals surface area contributed by atoms with Crippen molar-refractivity contribution in [2.45, 2.75) is 116 Å². The van der Waals surface area contributed by atoms with Crippen molar-refractivity contribution in [2.24, 2.45) is 35.3 Å². The lowest BCUT2D eigenvalue weighted by molar-refractivity contribution is -0.148. The maximum atomic E-state index is 14.5. The summed E-state index contributed by atoms with van der Waals surface area (Å²) in [6.07, 6.45) is 7.07. The summed E-state index contributed by atoms with van der Waals surface area (Å²) in [5.74, 6) is -3.72. The van der Waals surface area contributed by atoms with Crippen molar-refractivity contribution in [1.29, 1.82) is 0 Å². The Kier molecular flexibility index (Phi) is 13.0. The monoisotopic (exact) mass is 667 g/mol. The third-order valence-electron chi connectivity index (χ3n) is 10.1. The van der Waals surface area contributed by atoms with Crippen LogP contribution in [-0.4, -0.2) is 71.1 Å². The van der Waals surface area contributed by atoms with Gasteiger partial charge in [0.1, 0.15) is 24.7 Å². The first-order valence-electron chi connectivity index (χ1n) is 17.6. The number of hydrogen-bond acceptors (Lipinski definition) is 7. The smallest absolute Gasteiger partial charge is 0.329 e. The summed E-state index contributed by atoms with van der Waals surface area (Å²) >= 11 is 0. The molecule has 264 valence electrons. The fraction of sp³-hybridized carbons (Fsp3) is 0.667. The molecule has 12 heteroatoms. The summed E-state index contributed by atoms with van der Waals surface area (Å²) < 4.78 is 5.51. The molecule has 12 nitrogen and oxygen atoms in total. The average molecular weight is 668 g/mol. The standard InChI is InChI=1S/C36H53N5O7/c1-21(2)26-17-18-41(30(26)33(44)38-27(19-23-15-16-23)31(42)32(37)43)34(45)29(25-13-9-6-10-14-25)40-36(47)39-28(22(3)4)35(46)48-20-24-11-7-5-8-12-24/h5,7-8,11-12,21-23,25-30H,6,9-10,13-20H2,1-4H3,(H2,37,43)(H,38,44)(H2,39,40,47)/t26-,27?,28+,29+,30+/m1/s1. The molecule has 1 saturated heterocycles. The largest absolute Gasteiger partial charge is 0.459 e. The fourth-order valence-corrected chi connectivity index (χ4v) is 7.11. The number of ketones is 1. The number of benzene rings is 1. The number of likely N-dealkylation sites (tertiary alicyclic amines) is 1. The van der Waals surface area contributed by atoms with Gasteiger partial charge in [0.05, 0.1) is 6.04 Å². The van der Waals surface area contributed by atoms with E-state index in [-0.39, 0.29) is 42.1 Å². The van der Waals surface area contributed by atoms with Crippen LogP contribution in [0.15, 0.2) is 30.3 Å². The molecule has 48 heavy (non-hydrogen) atoms. The summed E-state index contributed by atoms with van der Waals surface area (Å²) in [5.41, 5.74) is 6.14. The highest BCUT2D eigenvalue weighted by Crippen LogP contribution is 2.36. The number of amides is 5. The molecular weight excluding hydrogens is 614 g/mol. The topological polar surface area (TPSA) is 177 Å². The van der Waals surface area contributed by atoms with Gasteiger partial charge in [0.25, 0.3) is 5.91 Å². The van der Waals surface area contributed by atoms with Crippen LogP contribution in [-0.2, 0) is 35.3 Å². The van der Waals surface area contributed by atoms with Gasteiger partial charge in [0, 0.05) is 6.54 Å². The third-order valence-corrected chi connectivity index (χ3v) is 10.1. The minimum atomic E-state index is -1.10. The number of urea groups is 1. The van der Waals surface area contributed by atoms with E-state index in [9.17, 15) is 28.8 Å². The van der Waals surface area contributed by atoms with Crippen LogP contribution in [0.1, 0.15) is 91.0 Å². The van der Waals surface area contributed by atoms with Crippen LogP contribution in [0.25, 0.3) is 0 Å². The van der Waals surface area contributed by atoms with Gasteiger partial charge in [-0.2, -0.15) is 0 Å². The minimum Gasteiger partial charge on any atom is -0.459 e. The van der Waals surface area contributed by atoms with Crippen molar-refractivity contribution in [1.82, 2.24) is 20.9 Å². The number of esters is 1. The van der Waals surface area contributed by atoms with Gasteiger partial charge in [-0.3, -0.25) is 19.2 Å². The second-order valence-corrected chi connectivity index (χ2v) is 14.5. The second-order valence-electron chi connectivity index (χ2n) is 14.5. The van der Waals surface area contributed by atoms with Crippen LogP contribution in [0, 0.1) is 29.6 Å². The summed E-state index contributed by atoms with van der Waals surface area (Å²) in [4.78, 5) is 81.0. The molecular formula is C36H53N5O7. The normalized spacial score (nSPS) is 21.7. The SMILES string of the molecule is CC(C)[C@H](NC(=O)N[C@H](C(=O)N1CC[C@H](C(C)C)[C@H]1C(=O)NC(CC1CC1)C(=O)C(N)=O)C1CCCCC1)C(=O)OCc1ccccc1. The number of rotatable bonds is 15. The Bertz CT molecular complexity index is 1310. The van der Waals surface area contributed by atoms with Crippen molar-refractivity contribution < 1.29 is 33.5 Å². The maximum Gasteiger partial charge on any atom is 0.329 e. The van der Waals surface area contributed by atoms with E-state index in [0.29, 0.717) is 19.4 Å². The Morgan fingerprint density at radius 3 is 2.12 bits per heavy atom. The van der Waals surface area contributed by atoms with Gasteiger partial charge in [-0.05, 0) is 60.8 Å². The van der Waals surface area contributed by atoms with Crippen molar-refractivity contribution in [3.8, 4) is 0 Å². The first kappa shape index (κ1) is 36.9. The number of carbonyl (C=O) groups excluding carboxylic acids is 6. The molecule has 1 aromatic carbocycles. The van der Waals surface area contributed by atoms with Gasteiger partial charge in [0.15, 0.2) is 0 Å². The van der Waals surface area contributed by atoms with E-state index in [4.69, 9.17) is 10.5 Å². The van der Waals surface area contributed by atoms with E-state index in [1.165, 1.54) is 4.90 Å². The molecule has 4 rings (SSSR count). The first-order valence-corrected chi connectivity index (χ1v) is 17.6. The highest BCUT2D eigenvalue weighted by molar-refractivity contribution is 6.37. The lowest BCUT2D eigenvalue weighted by Gasteiger charge is -2.36. The van der Waals surface area contributed by atoms with Crippen LogP contribution in [0.5, 0.6) is 0 Å². The molecule has 0 spiro atoms. The average Bonchev–Trinajstić information content (AvgIpc) is 3.77. The summed E-state index contributed by atoms with van der Waals surface area (Å²) in [7, 11) is 0. The second kappa shape index (κ2) is 16.9. The first-order chi connectivity index (χ1) is 22.9. The zero-order valence-corrected chi connectivity index (χ0v) is 28.7. The van der Waals surface area contributed by atoms with Crippen LogP contribution in [0.4, 0.5) is 4.79 Å². The lowest BCUT2D eigenvalue weighted by atomic mass is 9.83. The van der Waals surface area contributed by atoms with E-state index < -0.39 is 53.8 Å². The number of carbonyl (C=O) groups is 6. The van der Waals surface area contributed by atoms with Gasteiger partial charge in [-0.15, -0.1) is 0 Å². The van der Waals surface area contributed by atoms with Gasteiger partial charge >= 0.3 is 12.0 Å². The quantitative estimate of drug-likeness (QED) is 0.164. The van der Waals surface area contributed by atoms with E-state index in [1.807, 2.05) is 44.2 Å². The molecule has 5 amide bonds. The van der Waals surface area contributed by atoms with Crippen molar-refractivity contribution >= 4 is 35.5 Å². The molecule has 1 aliphatic heterocycles.